The number of carbonyl (C=O) groups is 2. The molecule has 9 heteroatoms. The molecule has 1 amide bonds. The first kappa shape index (κ1) is 24.9. The van der Waals surface area contributed by atoms with Crippen LogP contribution in [0.1, 0.15) is 48.1 Å². The lowest BCUT2D eigenvalue weighted by molar-refractivity contribution is -0.121. The Morgan fingerprint density at radius 3 is 2.36 bits per heavy atom. The fourth-order valence-corrected chi connectivity index (χ4v) is 5.01. The molecule has 1 heterocycles. The molecule has 0 aliphatic carbocycles. The molecule has 1 aliphatic heterocycles. The summed E-state index contributed by atoms with van der Waals surface area (Å²) in [6.45, 7) is 3.73. The molecule has 0 radical (unpaired) electrons. The van der Waals surface area contributed by atoms with Crippen molar-refractivity contribution in [3.05, 3.63) is 59.7 Å². The standard InChI is InChI=1S/C24H31N3O5S/c1-18(28)19-9-11-20(12-10-19)33(30,31)26-14-13-24(29)25-17-22(27-15-5-6-16-27)21-7-3-4-8-23(21)32-2/h3-4,7-12,22,26H,5-6,13-17H2,1-2H3,(H,25,29). The molecule has 3 rings (SSSR count). The van der Waals surface area contributed by atoms with Crippen LogP contribution in [0.25, 0.3) is 0 Å². The minimum atomic E-state index is -3.76. The zero-order valence-electron chi connectivity index (χ0n) is 19.0. The first-order chi connectivity index (χ1) is 15.8. The number of benzene rings is 2. The van der Waals surface area contributed by atoms with Crippen molar-refractivity contribution >= 4 is 21.7 Å². The van der Waals surface area contributed by atoms with Crippen LogP contribution in [-0.2, 0) is 14.8 Å². The molecule has 2 N–H and O–H groups in total. The van der Waals surface area contributed by atoms with E-state index < -0.39 is 10.0 Å². The normalized spacial score (nSPS) is 15.2. The molecular formula is C24H31N3O5S. The number of methoxy groups -OCH3 is 1. The lowest BCUT2D eigenvalue weighted by Crippen LogP contribution is -2.38. The van der Waals surface area contributed by atoms with Crippen molar-refractivity contribution in [1.82, 2.24) is 14.9 Å². The molecule has 0 saturated carbocycles. The molecule has 1 aliphatic rings. The Bertz CT molecular complexity index is 1060. The van der Waals surface area contributed by atoms with Gasteiger partial charge in [-0.05, 0) is 51.1 Å². The van der Waals surface area contributed by atoms with Gasteiger partial charge in [0.25, 0.3) is 0 Å². The van der Waals surface area contributed by atoms with Gasteiger partial charge in [-0.25, -0.2) is 13.1 Å². The SMILES string of the molecule is COc1ccccc1C(CNC(=O)CCNS(=O)(=O)c1ccc(C(C)=O)cc1)N1CCCC1. The third-order valence-electron chi connectivity index (χ3n) is 5.79. The Morgan fingerprint density at radius 2 is 1.73 bits per heavy atom. The Balaban J connectivity index is 1.55. The number of nitrogens with one attached hydrogen (secondary N) is 2. The van der Waals surface area contributed by atoms with E-state index in [-0.39, 0.29) is 35.6 Å². The second kappa shape index (κ2) is 11.4. The maximum atomic E-state index is 12.5. The molecule has 1 saturated heterocycles. The van der Waals surface area contributed by atoms with Crippen molar-refractivity contribution in [2.24, 2.45) is 0 Å². The molecular weight excluding hydrogens is 442 g/mol. The summed E-state index contributed by atoms with van der Waals surface area (Å²) >= 11 is 0. The third kappa shape index (κ3) is 6.63. The highest BCUT2D eigenvalue weighted by molar-refractivity contribution is 7.89. The van der Waals surface area contributed by atoms with Crippen LogP contribution in [0.4, 0.5) is 0 Å². The number of sulfonamides is 1. The van der Waals surface area contributed by atoms with Crippen molar-refractivity contribution in [3.8, 4) is 5.75 Å². The largest absolute Gasteiger partial charge is 0.496 e. The summed E-state index contributed by atoms with van der Waals surface area (Å²) in [6, 6.07) is 13.5. The topological polar surface area (TPSA) is 105 Å². The highest BCUT2D eigenvalue weighted by atomic mass is 32.2. The van der Waals surface area contributed by atoms with Gasteiger partial charge in [0.05, 0.1) is 18.0 Å². The average molecular weight is 474 g/mol. The predicted octanol–water partition coefficient (Wildman–Crippen LogP) is 2.52. The van der Waals surface area contributed by atoms with E-state index in [2.05, 4.69) is 14.9 Å². The zero-order chi connectivity index (χ0) is 23.8. The Labute approximate surface area is 195 Å². The van der Waals surface area contributed by atoms with E-state index in [4.69, 9.17) is 4.74 Å². The van der Waals surface area contributed by atoms with Crippen molar-refractivity contribution < 1.29 is 22.7 Å². The summed E-state index contributed by atoms with van der Waals surface area (Å²) in [5.74, 6) is 0.417. The summed E-state index contributed by atoms with van der Waals surface area (Å²) < 4.78 is 32.9. The van der Waals surface area contributed by atoms with E-state index in [1.54, 1.807) is 7.11 Å². The number of para-hydroxylation sites is 1. The molecule has 1 fully saturated rings. The molecule has 2 aromatic rings. The van der Waals surface area contributed by atoms with Crippen LogP contribution in [-0.4, -0.2) is 58.3 Å². The number of ether oxygens (including phenoxy) is 1. The summed E-state index contributed by atoms with van der Waals surface area (Å²) in [7, 11) is -2.12. The van der Waals surface area contributed by atoms with Crippen LogP contribution in [0.15, 0.2) is 53.4 Å². The molecule has 1 atom stereocenters. The maximum Gasteiger partial charge on any atom is 0.240 e. The monoisotopic (exact) mass is 473 g/mol. The number of hydrogen-bond acceptors (Lipinski definition) is 6. The summed E-state index contributed by atoms with van der Waals surface area (Å²) in [4.78, 5) is 26.2. The van der Waals surface area contributed by atoms with Crippen LogP contribution >= 0.6 is 0 Å². The van der Waals surface area contributed by atoms with E-state index in [0.29, 0.717) is 12.1 Å². The molecule has 2 aromatic carbocycles. The third-order valence-corrected chi connectivity index (χ3v) is 7.26. The van der Waals surface area contributed by atoms with Crippen molar-refractivity contribution in [1.29, 1.82) is 0 Å². The first-order valence-electron chi connectivity index (χ1n) is 11.1. The lowest BCUT2D eigenvalue weighted by atomic mass is 10.0. The quantitative estimate of drug-likeness (QED) is 0.486. The number of likely N-dealkylation sites (tertiary alicyclic amines) is 1. The number of Topliss-reactive ketones (excluding diaryl/α,β-unsaturated/α-hetero) is 1. The molecule has 178 valence electrons. The summed E-state index contributed by atoms with van der Waals surface area (Å²) in [5, 5.41) is 2.95. The van der Waals surface area contributed by atoms with Gasteiger partial charge in [0.1, 0.15) is 5.75 Å². The molecule has 8 nitrogen and oxygen atoms in total. The number of ketones is 1. The van der Waals surface area contributed by atoms with Crippen molar-refractivity contribution in [2.75, 3.05) is 33.3 Å². The Hall–Kier alpha value is -2.75. The molecule has 0 bridgehead atoms. The fourth-order valence-electron chi connectivity index (χ4n) is 3.98. The van der Waals surface area contributed by atoms with Crippen LogP contribution < -0.4 is 14.8 Å². The highest BCUT2D eigenvalue weighted by Gasteiger charge is 2.26. The summed E-state index contributed by atoms with van der Waals surface area (Å²) in [5.41, 5.74) is 1.47. The molecule has 0 spiro atoms. The second-order valence-electron chi connectivity index (χ2n) is 8.03. The van der Waals surface area contributed by atoms with Crippen molar-refractivity contribution in [2.45, 2.75) is 37.1 Å². The van der Waals surface area contributed by atoms with Gasteiger partial charge in [-0.2, -0.15) is 0 Å². The molecule has 1 unspecified atom stereocenters. The minimum Gasteiger partial charge on any atom is -0.496 e. The van der Waals surface area contributed by atoms with E-state index in [9.17, 15) is 18.0 Å². The average Bonchev–Trinajstić information content (AvgIpc) is 3.34. The van der Waals surface area contributed by atoms with Gasteiger partial charge >= 0.3 is 0 Å². The predicted molar refractivity (Wildman–Crippen MR) is 126 cm³/mol. The van der Waals surface area contributed by atoms with E-state index >= 15 is 0 Å². The molecule has 33 heavy (non-hydrogen) atoms. The van der Waals surface area contributed by atoms with Gasteiger partial charge in [0.15, 0.2) is 5.78 Å². The van der Waals surface area contributed by atoms with Gasteiger partial charge in [-0.1, -0.05) is 30.3 Å². The fraction of sp³-hybridized carbons (Fsp3) is 0.417. The Morgan fingerprint density at radius 1 is 1.06 bits per heavy atom. The number of nitrogens with zero attached hydrogens (tertiary/aromatic N) is 1. The van der Waals surface area contributed by atoms with Crippen molar-refractivity contribution in [3.63, 3.8) is 0 Å². The van der Waals surface area contributed by atoms with Crippen LogP contribution in [0.5, 0.6) is 5.75 Å². The Kier molecular flexibility index (Phi) is 8.60. The van der Waals surface area contributed by atoms with E-state index in [1.807, 2.05) is 24.3 Å². The van der Waals surface area contributed by atoms with E-state index in [0.717, 1.165) is 37.2 Å². The summed E-state index contributed by atoms with van der Waals surface area (Å²) in [6.07, 6.45) is 2.26. The van der Waals surface area contributed by atoms with Gasteiger partial charge in [-0.3, -0.25) is 14.5 Å². The minimum absolute atomic E-state index is 0.0101. The number of hydrogen-bond donors (Lipinski definition) is 2. The van der Waals surface area contributed by atoms with E-state index in [1.165, 1.54) is 31.2 Å². The first-order valence-corrected chi connectivity index (χ1v) is 12.5. The van der Waals surface area contributed by atoms with Gasteiger partial charge in [0, 0.05) is 30.6 Å². The maximum absolute atomic E-state index is 12.5. The second-order valence-corrected chi connectivity index (χ2v) is 9.80. The number of carbonyl (C=O) groups excluding carboxylic acids is 2. The van der Waals surface area contributed by atoms with Gasteiger partial charge in [-0.15, -0.1) is 0 Å². The van der Waals surface area contributed by atoms with Crippen LogP contribution in [0.2, 0.25) is 0 Å². The smallest absolute Gasteiger partial charge is 0.240 e. The lowest BCUT2D eigenvalue weighted by Gasteiger charge is -2.29. The van der Waals surface area contributed by atoms with Crippen LogP contribution in [0, 0.1) is 0 Å². The number of rotatable bonds is 11. The van der Waals surface area contributed by atoms with Gasteiger partial charge in [0.2, 0.25) is 15.9 Å². The molecule has 0 aromatic heterocycles. The van der Waals surface area contributed by atoms with Crippen LogP contribution in [0.3, 0.4) is 0 Å². The number of amides is 1. The van der Waals surface area contributed by atoms with Gasteiger partial charge < -0.3 is 10.1 Å². The highest BCUT2D eigenvalue weighted by Crippen LogP contribution is 2.31. The zero-order valence-corrected chi connectivity index (χ0v) is 19.9.